The summed E-state index contributed by atoms with van der Waals surface area (Å²) < 4.78 is 21.7. The number of hydrogen-bond donors (Lipinski definition) is 0. The average molecular weight is 336 g/mol. The normalized spacial score (nSPS) is 13.0. The SMILES string of the molecule is CCS(=O)(=O)C(Br)C(=O)c1ccc([N+](=O)[O-])cc1. The van der Waals surface area contributed by atoms with Crippen LogP contribution in [0.3, 0.4) is 0 Å². The number of halogens is 1. The molecule has 0 saturated heterocycles. The number of non-ortho nitro benzene ring substituents is 1. The first-order valence-corrected chi connectivity index (χ1v) is 7.57. The molecule has 0 aromatic heterocycles. The van der Waals surface area contributed by atoms with E-state index in [1.165, 1.54) is 19.1 Å². The first-order chi connectivity index (χ1) is 8.29. The van der Waals surface area contributed by atoms with Gasteiger partial charge in [0, 0.05) is 23.4 Å². The first-order valence-electron chi connectivity index (χ1n) is 4.94. The standard InChI is InChI=1S/C10H10BrNO5S/c1-2-18(16,17)10(11)9(13)7-3-5-8(6-4-7)12(14)15/h3-6,10H,2H2,1H3. The average Bonchev–Trinajstić information content (AvgIpc) is 2.37. The third-order valence-corrected chi connectivity index (χ3v) is 6.06. The van der Waals surface area contributed by atoms with E-state index in [1.807, 2.05) is 0 Å². The van der Waals surface area contributed by atoms with Gasteiger partial charge in [-0.3, -0.25) is 14.9 Å². The van der Waals surface area contributed by atoms with Crippen LogP contribution >= 0.6 is 15.9 Å². The Kier molecular flexibility index (Phi) is 4.58. The van der Waals surface area contributed by atoms with Gasteiger partial charge in [-0.2, -0.15) is 0 Å². The molecule has 0 heterocycles. The first kappa shape index (κ1) is 14.8. The summed E-state index contributed by atoms with van der Waals surface area (Å²) in [5.41, 5.74) is -0.0458. The Bertz CT molecular complexity index is 566. The molecule has 0 aliphatic carbocycles. The van der Waals surface area contributed by atoms with Crippen LogP contribution < -0.4 is 0 Å². The van der Waals surface area contributed by atoms with Gasteiger partial charge < -0.3 is 0 Å². The summed E-state index contributed by atoms with van der Waals surface area (Å²) >= 11 is 2.84. The predicted octanol–water partition coefficient (Wildman–Crippen LogP) is 1.93. The van der Waals surface area contributed by atoms with Gasteiger partial charge in [0.05, 0.1) is 4.92 Å². The van der Waals surface area contributed by atoms with Gasteiger partial charge in [-0.25, -0.2) is 8.42 Å². The molecule has 1 atom stereocenters. The molecule has 6 nitrogen and oxygen atoms in total. The number of carbonyl (C=O) groups excluding carboxylic acids is 1. The molecule has 18 heavy (non-hydrogen) atoms. The minimum atomic E-state index is -3.54. The predicted molar refractivity (Wildman–Crippen MR) is 69.6 cm³/mol. The highest BCUT2D eigenvalue weighted by Gasteiger charge is 2.29. The third-order valence-electron chi connectivity index (χ3n) is 2.29. The highest BCUT2D eigenvalue weighted by Crippen LogP contribution is 2.19. The van der Waals surface area contributed by atoms with Crippen molar-refractivity contribution in [1.29, 1.82) is 0 Å². The summed E-state index contributed by atoms with van der Waals surface area (Å²) in [6, 6.07) is 4.79. The number of nitro benzene ring substituents is 1. The molecular formula is C10H10BrNO5S. The zero-order chi connectivity index (χ0) is 13.9. The Morgan fingerprint density at radius 3 is 2.28 bits per heavy atom. The largest absolute Gasteiger partial charge is 0.292 e. The number of sulfone groups is 1. The van der Waals surface area contributed by atoms with Crippen molar-refractivity contribution < 1.29 is 18.1 Å². The Balaban J connectivity index is 3.02. The van der Waals surface area contributed by atoms with Crippen molar-refractivity contribution in [2.75, 3.05) is 5.75 Å². The molecule has 0 amide bonds. The molecule has 1 unspecified atom stereocenters. The van der Waals surface area contributed by atoms with Crippen molar-refractivity contribution in [3.05, 3.63) is 39.9 Å². The highest BCUT2D eigenvalue weighted by molar-refractivity contribution is 9.11. The number of nitro groups is 1. The summed E-state index contributed by atoms with van der Waals surface area (Å²) in [5, 5.41) is 10.4. The van der Waals surface area contributed by atoms with Crippen LogP contribution in [0, 0.1) is 10.1 Å². The molecule has 0 spiro atoms. The van der Waals surface area contributed by atoms with Crippen LogP contribution in [0.2, 0.25) is 0 Å². The molecule has 0 bridgehead atoms. The summed E-state index contributed by atoms with van der Waals surface area (Å²) in [6.07, 6.45) is 0. The van der Waals surface area contributed by atoms with Gasteiger partial charge in [-0.1, -0.05) is 22.9 Å². The van der Waals surface area contributed by atoms with Crippen molar-refractivity contribution in [3.8, 4) is 0 Å². The van der Waals surface area contributed by atoms with Crippen LogP contribution in [-0.4, -0.2) is 29.0 Å². The fourth-order valence-corrected chi connectivity index (χ4v) is 3.00. The molecule has 1 rings (SSSR count). The van der Waals surface area contributed by atoms with E-state index < -0.39 is 24.7 Å². The summed E-state index contributed by atoms with van der Waals surface area (Å²) in [6.45, 7) is 1.44. The molecule has 0 aliphatic rings. The zero-order valence-electron chi connectivity index (χ0n) is 9.37. The zero-order valence-corrected chi connectivity index (χ0v) is 11.8. The van der Waals surface area contributed by atoms with Gasteiger partial charge in [-0.05, 0) is 12.1 Å². The van der Waals surface area contributed by atoms with Gasteiger partial charge in [0.2, 0.25) is 0 Å². The van der Waals surface area contributed by atoms with Gasteiger partial charge >= 0.3 is 0 Å². The van der Waals surface area contributed by atoms with E-state index in [0.29, 0.717) is 0 Å². The lowest BCUT2D eigenvalue weighted by molar-refractivity contribution is -0.384. The van der Waals surface area contributed by atoms with Crippen LogP contribution in [0.25, 0.3) is 0 Å². The second kappa shape index (κ2) is 5.57. The second-order valence-electron chi connectivity index (χ2n) is 3.44. The minimum absolute atomic E-state index is 0.111. The Morgan fingerprint density at radius 1 is 1.39 bits per heavy atom. The van der Waals surface area contributed by atoms with Gasteiger partial charge in [0.15, 0.2) is 19.8 Å². The monoisotopic (exact) mass is 335 g/mol. The van der Waals surface area contributed by atoms with Crippen LogP contribution in [0.5, 0.6) is 0 Å². The molecular weight excluding hydrogens is 326 g/mol. The highest BCUT2D eigenvalue weighted by atomic mass is 79.9. The summed E-state index contributed by atoms with van der Waals surface area (Å²) in [4.78, 5) is 21.7. The number of ketones is 1. The van der Waals surface area contributed by atoms with Gasteiger partial charge in [0.1, 0.15) is 0 Å². The molecule has 0 fully saturated rings. The molecule has 1 aromatic carbocycles. The van der Waals surface area contributed by atoms with E-state index in [-0.39, 0.29) is 17.0 Å². The Morgan fingerprint density at radius 2 is 1.89 bits per heavy atom. The van der Waals surface area contributed by atoms with Gasteiger partial charge in [-0.15, -0.1) is 0 Å². The second-order valence-corrected chi connectivity index (χ2v) is 7.33. The van der Waals surface area contributed by atoms with E-state index in [0.717, 1.165) is 12.1 Å². The van der Waals surface area contributed by atoms with E-state index >= 15 is 0 Å². The molecule has 1 aromatic rings. The van der Waals surface area contributed by atoms with Crippen molar-refractivity contribution in [2.45, 2.75) is 11.1 Å². The lowest BCUT2D eigenvalue weighted by atomic mass is 10.1. The number of Topliss-reactive ketones (excluding diaryl/α,β-unsaturated/α-hetero) is 1. The number of carbonyl (C=O) groups is 1. The van der Waals surface area contributed by atoms with Gasteiger partial charge in [0.25, 0.3) is 5.69 Å². The van der Waals surface area contributed by atoms with E-state index in [4.69, 9.17) is 0 Å². The summed E-state index contributed by atoms with van der Waals surface area (Å²) in [7, 11) is -3.54. The number of benzene rings is 1. The molecule has 0 aliphatic heterocycles. The lowest BCUT2D eigenvalue weighted by Gasteiger charge is -2.08. The number of nitrogens with zero attached hydrogens (tertiary/aromatic N) is 1. The maximum atomic E-state index is 11.8. The van der Waals surface area contributed by atoms with Crippen LogP contribution in [0.4, 0.5) is 5.69 Å². The van der Waals surface area contributed by atoms with Crippen molar-refractivity contribution in [3.63, 3.8) is 0 Å². The van der Waals surface area contributed by atoms with E-state index in [2.05, 4.69) is 15.9 Å². The molecule has 0 radical (unpaired) electrons. The quantitative estimate of drug-likeness (QED) is 0.354. The number of alkyl halides is 1. The fourth-order valence-electron chi connectivity index (χ4n) is 1.19. The molecule has 0 saturated carbocycles. The maximum absolute atomic E-state index is 11.8. The Labute approximate surface area is 112 Å². The molecule has 98 valence electrons. The maximum Gasteiger partial charge on any atom is 0.269 e. The van der Waals surface area contributed by atoms with Crippen molar-refractivity contribution in [1.82, 2.24) is 0 Å². The third kappa shape index (κ3) is 3.14. The number of hydrogen-bond acceptors (Lipinski definition) is 5. The lowest BCUT2D eigenvalue weighted by Crippen LogP contribution is -2.26. The molecule has 8 heteroatoms. The number of rotatable bonds is 5. The fraction of sp³-hybridized carbons (Fsp3) is 0.300. The smallest absolute Gasteiger partial charge is 0.269 e. The summed E-state index contributed by atoms with van der Waals surface area (Å²) in [5.74, 6) is -0.798. The minimum Gasteiger partial charge on any atom is -0.292 e. The van der Waals surface area contributed by atoms with E-state index in [1.54, 1.807) is 0 Å². The van der Waals surface area contributed by atoms with E-state index in [9.17, 15) is 23.3 Å². The van der Waals surface area contributed by atoms with Crippen molar-refractivity contribution in [2.24, 2.45) is 0 Å². The molecule has 0 N–H and O–H groups in total. The van der Waals surface area contributed by atoms with Crippen LogP contribution in [-0.2, 0) is 9.84 Å². The van der Waals surface area contributed by atoms with Crippen LogP contribution in [0.15, 0.2) is 24.3 Å². The van der Waals surface area contributed by atoms with Crippen molar-refractivity contribution >= 4 is 37.2 Å². The topological polar surface area (TPSA) is 94.3 Å². The Hall–Kier alpha value is -1.28. The van der Waals surface area contributed by atoms with Crippen LogP contribution in [0.1, 0.15) is 17.3 Å².